The van der Waals surface area contributed by atoms with Gasteiger partial charge in [-0.3, -0.25) is 19.7 Å². The van der Waals surface area contributed by atoms with E-state index >= 15 is 0 Å². The van der Waals surface area contributed by atoms with Crippen LogP contribution in [0.3, 0.4) is 0 Å². The second-order valence-corrected chi connectivity index (χ2v) is 5.70. The first-order chi connectivity index (χ1) is 11.6. The van der Waals surface area contributed by atoms with Gasteiger partial charge in [-0.1, -0.05) is 12.1 Å². The van der Waals surface area contributed by atoms with E-state index in [9.17, 15) is 14.4 Å². The van der Waals surface area contributed by atoms with Crippen molar-refractivity contribution < 1.29 is 19.1 Å². The van der Waals surface area contributed by atoms with Gasteiger partial charge < -0.3 is 15.4 Å². The number of carbonyl (C=O) groups is 3. The number of amides is 3. The number of ether oxygens (including phenoxy) is 1. The van der Waals surface area contributed by atoms with Gasteiger partial charge in [-0.25, -0.2) is 0 Å². The molecular weight excluding hydrogens is 310 g/mol. The molecule has 0 atom stereocenters. The first-order valence-corrected chi connectivity index (χ1v) is 8.07. The zero-order valence-corrected chi connectivity index (χ0v) is 13.8. The highest BCUT2D eigenvalue weighted by molar-refractivity contribution is 6.37. The molecule has 0 unspecified atom stereocenters. The van der Waals surface area contributed by atoms with E-state index < -0.39 is 11.8 Å². The Balaban J connectivity index is 1.70. The average Bonchev–Trinajstić information content (AvgIpc) is 2.62. The molecule has 7 heteroatoms. The average molecular weight is 333 g/mol. The monoisotopic (exact) mass is 333 g/mol. The Labute approximate surface area is 141 Å². The predicted molar refractivity (Wildman–Crippen MR) is 88.5 cm³/mol. The van der Waals surface area contributed by atoms with Gasteiger partial charge in [0.25, 0.3) is 0 Å². The molecule has 130 valence electrons. The number of methoxy groups -OCH3 is 1. The molecule has 0 aromatic heterocycles. The summed E-state index contributed by atoms with van der Waals surface area (Å²) in [5.74, 6) is -1.49. The van der Waals surface area contributed by atoms with E-state index in [1.165, 1.54) is 0 Å². The number of benzene rings is 1. The third-order valence-corrected chi connectivity index (χ3v) is 4.01. The minimum absolute atomic E-state index is 0.206. The molecule has 1 aromatic rings. The number of piperidine rings is 1. The van der Waals surface area contributed by atoms with Crippen molar-refractivity contribution in [2.75, 3.05) is 26.7 Å². The number of carbonyl (C=O) groups excluding carboxylic acids is 3. The SMILES string of the molecule is COc1ccc(CCNC(=O)C(=O)NC(=O)C2CCNCC2)cc1. The van der Waals surface area contributed by atoms with Crippen LogP contribution in [0, 0.1) is 5.92 Å². The van der Waals surface area contributed by atoms with Crippen LogP contribution in [-0.2, 0) is 20.8 Å². The van der Waals surface area contributed by atoms with Crippen LogP contribution < -0.4 is 20.7 Å². The van der Waals surface area contributed by atoms with E-state index in [0.717, 1.165) is 24.4 Å². The van der Waals surface area contributed by atoms with Crippen LogP contribution >= 0.6 is 0 Å². The highest BCUT2D eigenvalue weighted by Crippen LogP contribution is 2.12. The molecule has 1 aliphatic rings. The molecule has 3 N–H and O–H groups in total. The second-order valence-electron chi connectivity index (χ2n) is 5.70. The summed E-state index contributed by atoms with van der Waals surface area (Å²) < 4.78 is 5.07. The van der Waals surface area contributed by atoms with Gasteiger partial charge in [0.15, 0.2) is 0 Å². The van der Waals surface area contributed by atoms with Gasteiger partial charge in [-0.2, -0.15) is 0 Å². The lowest BCUT2D eigenvalue weighted by molar-refractivity contribution is -0.143. The molecule has 1 aromatic carbocycles. The van der Waals surface area contributed by atoms with Crippen LogP contribution in [0.2, 0.25) is 0 Å². The lowest BCUT2D eigenvalue weighted by Gasteiger charge is -2.21. The lowest BCUT2D eigenvalue weighted by atomic mass is 9.97. The number of nitrogens with one attached hydrogen (secondary N) is 3. The van der Waals surface area contributed by atoms with Gasteiger partial charge in [0.1, 0.15) is 5.75 Å². The lowest BCUT2D eigenvalue weighted by Crippen LogP contribution is -2.46. The second kappa shape index (κ2) is 9.02. The topological polar surface area (TPSA) is 96.5 Å². The summed E-state index contributed by atoms with van der Waals surface area (Å²) in [6, 6.07) is 7.46. The van der Waals surface area contributed by atoms with Gasteiger partial charge in [-0.15, -0.1) is 0 Å². The largest absolute Gasteiger partial charge is 0.497 e. The quantitative estimate of drug-likeness (QED) is 0.659. The predicted octanol–water partition coefficient (Wildman–Crippen LogP) is -0.00370. The van der Waals surface area contributed by atoms with Crippen molar-refractivity contribution in [2.45, 2.75) is 19.3 Å². The zero-order valence-electron chi connectivity index (χ0n) is 13.8. The number of imide groups is 1. The maximum atomic E-state index is 11.9. The fourth-order valence-electron chi connectivity index (χ4n) is 2.55. The van der Waals surface area contributed by atoms with Gasteiger partial charge in [0, 0.05) is 12.5 Å². The Bertz CT molecular complexity index is 580. The molecule has 0 radical (unpaired) electrons. The molecule has 1 saturated heterocycles. The van der Waals surface area contributed by atoms with E-state index in [1.54, 1.807) is 7.11 Å². The van der Waals surface area contributed by atoms with Crippen LogP contribution in [0.5, 0.6) is 5.75 Å². The third kappa shape index (κ3) is 5.34. The molecule has 24 heavy (non-hydrogen) atoms. The standard InChI is InChI=1S/C17H23N3O4/c1-24-14-4-2-12(3-5-14)6-11-19-16(22)17(23)20-15(21)13-7-9-18-10-8-13/h2-5,13,18H,6-11H2,1H3,(H,19,22)(H,20,21,23). The Kier molecular flexibility index (Phi) is 6.74. The Morgan fingerprint density at radius 1 is 1.12 bits per heavy atom. The normalized spacial score (nSPS) is 14.7. The first-order valence-electron chi connectivity index (χ1n) is 8.07. The molecule has 0 saturated carbocycles. The van der Waals surface area contributed by atoms with Crippen LogP contribution in [0.25, 0.3) is 0 Å². The fraction of sp³-hybridized carbons (Fsp3) is 0.471. The van der Waals surface area contributed by atoms with E-state index in [4.69, 9.17) is 4.74 Å². The van der Waals surface area contributed by atoms with Crippen molar-refractivity contribution in [3.63, 3.8) is 0 Å². The van der Waals surface area contributed by atoms with E-state index in [2.05, 4.69) is 16.0 Å². The third-order valence-electron chi connectivity index (χ3n) is 4.01. The minimum Gasteiger partial charge on any atom is -0.497 e. The van der Waals surface area contributed by atoms with Crippen LogP contribution in [0.4, 0.5) is 0 Å². The molecule has 0 aliphatic carbocycles. The molecule has 0 bridgehead atoms. The Morgan fingerprint density at radius 3 is 2.42 bits per heavy atom. The van der Waals surface area contributed by atoms with Crippen molar-refractivity contribution in [3.8, 4) is 5.75 Å². The van der Waals surface area contributed by atoms with E-state index in [0.29, 0.717) is 25.8 Å². The highest BCUT2D eigenvalue weighted by atomic mass is 16.5. The zero-order chi connectivity index (χ0) is 17.4. The van der Waals surface area contributed by atoms with Crippen LogP contribution in [0.1, 0.15) is 18.4 Å². The highest BCUT2D eigenvalue weighted by Gasteiger charge is 2.24. The van der Waals surface area contributed by atoms with E-state index in [1.807, 2.05) is 24.3 Å². The molecule has 1 aliphatic heterocycles. The van der Waals surface area contributed by atoms with Crippen LogP contribution in [0.15, 0.2) is 24.3 Å². The van der Waals surface area contributed by atoms with Crippen molar-refractivity contribution in [2.24, 2.45) is 5.92 Å². The summed E-state index contributed by atoms with van der Waals surface area (Å²) in [6.45, 7) is 1.82. The van der Waals surface area contributed by atoms with Crippen molar-refractivity contribution in [3.05, 3.63) is 29.8 Å². The number of rotatable bonds is 5. The van der Waals surface area contributed by atoms with Gasteiger partial charge in [0.05, 0.1) is 7.11 Å². The maximum Gasteiger partial charge on any atom is 0.315 e. The first kappa shape index (κ1) is 17.9. The Hall–Kier alpha value is -2.41. The minimum atomic E-state index is -0.895. The summed E-state index contributed by atoms with van der Waals surface area (Å²) in [5, 5.41) is 7.84. The number of hydrogen-bond donors (Lipinski definition) is 3. The summed E-state index contributed by atoms with van der Waals surface area (Å²) in [6.07, 6.45) is 1.95. The van der Waals surface area contributed by atoms with Crippen LogP contribution in [-0.4, -0.2) is 44.5 Å². The molecule has 2 rings (SSSR count). The summed E-state index contributed by atoms with van der Waals surface area (Å²) >= 11 is 0. The molecule has 1 heterocycles. The maximum absolute atomic E-state index is 11.9. The van der Waals surface area contributed by atoms with Crippen molar-refractivity contribution >= 4 is 17.7 Å². The molecular formula is C17H23N3O4. The van der Waals surface area contributed by atoms with Gasteiger partial charge in [0.2, 0.25) is 5.91 Å². The van der Waals surface area contributed by atoms with Crippen molar-refractivity contribution in [1.29, 1.82) is 0 Å². The van der Waals surface area contributed by atoms with Gasteiger partial charge in [-0.05, 0) is 50.0 Å². The molecule has 7 nitrogen and oxygen atoms in total. The smallest absolute Gasteiger partial charge is 0.315 e. The Morgan fingerprint density at radius 2 is 1.79 bits per heavy atom. The molecule has 3 amide bonds. The van der Waals surface area contributed by atoms with E-state index in [-0.39, 0.29) is 11.8 Å². The number of hydrogen-bond acceptors (Lipinski definition) is 5. The van der Waals surface area contributed by atoms with Gasteiger partial charge >= 0.3 is 11.8 Å². The molecule has 1 fully saturated rings. The fourth-order valence-corrected chi connectivity index (χ4v) is 2.55. The summed E-state index contributed by atoms with van der Waals surface area (Å²) in [7, 11) is 1.60. The summed E-state index contributed by atoms with van der Waals surface area (Å²) in [4.78, 5) is 35.4. The molecule has 0 spiro atoms. The summed E-state index contributed by atoms with van der Waals surface area (Å²) in [5.41, 5.74) is 1.02. The van der Waals surface area contributed by atoms with Crippen molar-refractivity contribution in [1.82, 2.24) is 16.0 Å².